The Bertz CT molecular complexity index is 1070. The molecule has 0 radical (unpaired) electrons. The lowest BCUT2D eigenvalue weighted by Gasteiger charge is -2.22. The van der Waals surface area contributed by atoms with Gasteiger partial charge in [-0.2, -0.15) is 0 Å². The molecule has 0 aliphatic carbocycles. The monoisotopic (exact) mass is 442 g/mol. The summed E-state index contributed by atoms with van der Waals surface area (Å²) in [7, 11) is 1.51. The molecule has 0 saturated carbocycles. The number of hydrogen-bond acceptors (Lipinski definition) is 5. The van der Waals surface area contributed by atoms with Crippen LogP contribution in [-0.2, 0) is 9.59 Å². The Hall–Kier alpha value is -2.90. The molecule has 8 heteroatoms. The van der Waals surface area contributed by atoms with Gasteiger partial charge < -0.3 is 19.4 Å². The summed E-state index contributed by atoms with van der Waals surface area (Å²) in [5.41, 5.74) is 1.16. The van der Waals surface area contributed by atoms with Crippen LogP contribution >= 0.6 is 23.4 Å². The van der Waals surface area contributed by atoms with Gasteiger partial charge in [0.25, 0.3) is 0 Å². The number of para-hydroxylation sites is 1. The van der Waals surface area contributed by atoms with E-state index in [-0.39, 0.29) is 30.0 Å². The van der Waals surface area contributed by atoms with Crippen LogP contribution < -0.4 is 15.0 Å². The number of methoxy groups -OCH3 is 1. The largest absolute Gasteiger partial charge is 0.495 e. The molecular weight excluding hydrogens is 424 g/mol. The number of anilines is 2. The molecule has 3 aromatic rings. The van der Waals surface area contributed by atoms with Gasteiger partial charge in [0.2, 0.25) is 11.8 Å². The molecule has 4 rings (SSSR count). The molecule has 0 spiro atoms. The first-order chi connectivity index (χ1) is 14.5. The number of rotatable bonds is 5. The molecule has 30 heavy (non-hydrogen) atoms. The smallest absolute Gasteiger partial charge is 0.244 e. The molecule has 0 unspecified atom stereocenters. The molecule has 0 saturated heterocycles. The second kappa shape index (κ2) is 8.85. The van der Waals surface area contributed by atoms with Gasteiger partial charge in [-0.15, -0.1) is 11.8 Å². The number of benzene rings is 2. The maximum absolute atomic E-state index is 13.1. The summed E-state index contributed by atoms with van der Waals surface area (Å²) in [6.07, 6.45) is 1.82. The average molecular weight is 443 g/mol. The highest BCUT2D eigenvalue weighted by Gasteiger charge is 2.31. The molecule has 2 amide bonds. The van der Waals surface area contributed by atoms with Gasteiger partial charge in [0.05, 0.1) is 30.0 Å². The molecule has 6 nitrogen and oxygen atoms in total. The summed E-state index contributed by atoms with van der Waals surface area (Å²) in [5.74, 6) is 0.726. The number of halogens is 1. The topological polar surface area (TPSA) is 71.8 Å². The molecular formula is C22H19ClN2O4S. The Morgan fingerprint density at radius 2 is 2.10 bits per heavy atom. The van der Waals surface area contributed by atoms with E-state index in [0.29, 0.717) is 22.1 Å². The zero-order chi connectivity index (χ0) is 21.1. The van der Waals surface area contributed by atoms with Gasteiger partial charge in [0.1, 0.15) is 18.1 Å². The number of carbonyl (C=O) groups is 2. The minimum Gasteiger partial charge on any atom is -0.495 e. The minimum absolute atomic E-state index is 0.128. The van der Waals surface area contributed by atoms with E-state index in [1.807, 2.05) is 30.3 Å². The predicted octanol–water partition coefficient (Wildman–Crippen LogP) is 5.15. The first kappa shape index (κ1) is 20.4. The maximum atomic E-state index is 13.1. The summed E-state index contributed by atoms with van der Waals surface area (Å²) in [6.45, 7) is -0.128. The van der Waals surface area contributed by atoms with Crippen LogP contribution in [0.4, 0.5) is 11.4 Å². The van der Waals surface area contributed by atoms with Crippen LogP contribution in [0.3, 0.4) is 0 Å². The van der Waals surface area contributed by atoms with E-state index in [0.717, 1.165) is 10.7 Å². The number of ether oxygens (including phenoxy) is 1. The number of amides is 2. The standard InChI is InChI=1S/C22H19ClN2O4S/c1-28-17-9-8-14(23)11-15(17)24-21(26)13-25-16-5-2-3-7-19(16)30-20(12-22(25)27)18-6-4-10-29-18/h2-11,20H,12-13H2,1H3,(H,24,26)/t20-/m0/s1. The predicted molar refractivity (Wildman–Crippen MR) is 117 cm³/mol. The number of fused-ring (bicyclic) bond motifs is 1. The molecule has 1 atom stereocenters. The molecule has 0 bridgehead atoms. The Morgan fingerprint density at radius 3 is 2.87 bits per heavy atom. The molecule has 1 aliphatic rings. The maximum Gasteiger partial charge on any atom is 0.244 e. The van der Waals surface area contributed by atoms with Gasteiger partial charge in [-0.3, -0.25) is 9.59 Å². The Labute approximate surface area is 183 Å². The molecule has 1 N–H and O–H groups in total. The number of carbonyl (C=O) groups excluding carboxylic acids is 2. The third-order valence-corrected chi connectivity index (χ3v) is 6.20. The zero-order valence-electron chi connectivity index (χ0n) is 16.1. The van der Waals surface area contributed by atoms with E-state index >= 15 is 0 Å². The van der Waals surface area contributed by atoms with E-state index in [1.54, 1.807) is 42.3 Å². The van der Waals surface area contributed by atoms with Crippen LogP contribution in [0, 0.1) is 0 Å². The zero-order valence-corrected chi connectivity index (χ0v) is 17.7. The Balaban J connectivity index is 1.58. The first-order valence-electron chi connectivity index (χ1n) is 9.28. The molecule has 0 fully saturated rings. The van der Waals surface area contributed by atoms with Gasteiger partial charge in [-0.1, -0.05) is 23.7 Å². The Kier molecular flexibility index (Phi) is 6.01. The Morgan fingerprint density at radius 1 is 1.27 bits per heavy atom. The van der Waals surface area contributed by atoms with E-state index < -0.39 is 0 Å². The highest BCUT2D eigenvalue weighted by Crippen LogP contribution is 2.45. The number of nitrogens with one attached hydrogen (secondary N) is 1. The normalized spacial score (nSPS) is 16.0. The van der Waals surface area contributed by atoms with Crippen molar-refractivity contribution in [2.24, 2.45) is 0 Å². The number of furan rings is 1. The van der Waals surface area contributed by atoms with Crippen molar-refractivity contribution in [2.75, 3.05) is 23.9 Å². The number of thioether (sulfide) groups is 1. The van der Waals surface area contributed by atoms with Gasteiger partial charge in [-0.05, 0) is 42.5 Å². The van der Waals surface area contributed by atoms with Crippen molar-refractivity contribution in [3.63, 3.8) is 0 Å². The van der Waals surface area contributed by atoms with Crippen molar-refractivity contribution >= 4 is 46.6 Å². The minimum atomic E-state index is -0.347. The summed E-state index contributed by atoms with van der Waals surface area (Å²) in [5, 5.41) is 3.11. The van der Waals surface area contributed by atoms with Crippen molar-refractivity contribution in [1.29, 1.82) is 0 Å². The second-order valence-electron chi connectivity index (χ2n) is 6.67. The average Bonchev–Trinajstić information content (AvgIpc) is 3.23. The van der Waals surface area contributed by atoms with Crippen molar-refractivity contribution in [3.05, 3.63) is 71.6 Å². The summed E-state index contributed by atoms with van der Waals surface area (Å²) in [6, 6.07) is 16.2. The van der Waals surface area contributed by atoms with Gasteiger partial charge >= 0.3 is 0 Å². The lowest BCUT2D eigenvalue weighted by Crippen LogP contribution is -2.38. The van der Waals surface area contributed by atoms with Crippen molar-refractivity contribution in [3.8, 4) is 5.75 Å². The van der Waals surface area contributed by atoms with Crippen LogP contribution in [0.1, 0.15) is 17.4 Å². The fraction of sp³-hybridized carbons (Fsp3) is 0.182. The van der Waals surface area contributed by atoms with Gasteiger partial charge in [0.15, 0.2) is 0 Å². The van der Waals surface area contributed by atoms with Crippen LogP contribution in [-0.4, -0.2) is 25.5 Å². The van der Waals surface area contributed by atoms with Crippen molar-refractivity contribution < 1.29 is 18.7 Å². The summed E-state index contributed by atoms with van der Waals surface area (Å²) >= 11 is 7.60. The van der Waals surface area contributed by atoms with Crippen LogP contribution in [0.5, 0.6) is 5.75 Å². The third-order valence-electron chi connectivity index (χ3n) is 4.68. The number of hydrogen-bond donors (Lipinski definition) is 1. The SMILES string of the molecule is COc1ccc(Cl)cc1NC(=O)CN1C(=O)C[C@@H](c2ccco2)Sc2ccccc21. The van der Waals surface area contributed by atoms with Gasteiger partial charge in [-0.25, -0.2) is 0 Å². The van der Waals surface area contributed by atoms with Crippen LogP contribution in [0.2, 0.25) is 5.02 Å². The molecule has 2 heterocycles. The molecule has 154 valence electrons. The lowest BCUT2D eigenvalue weighted by molar-refractivity contribution is -0.121. The molecule has 1 aliphatic heterocycles. The number of nitrogens with zero attached hydrogens (tertiary/aromatic N) is 1. The summed E-state index contributed by atoms with van der Waals surface area (Å²) < 4.78 is 10.8. The van der Waals surface area contributed by atoms with E-state index in [9.17, 15) is 9.59 Å². The van der Waals surface area contributed by atoms with Crippen LogP contribution in [0.25, 0.3) is 0 Å². The molecule has 1 aromatic heterocycles. The highest BCUT2D eigenvalue weighted by atomic mass is 35.5. The lowest BCUT2D eigenvalue weighted by atomic mass is 10.2. The summed E-state index contributed by atoms with van der Waals surface area (Å²) in [4.78, 5) is 28.3. The van der Waals surface area contributed by atoms with E-state index in [1.165, 1.54) is 12.0 Å². The van der Waals surface area contributed by atoms with Crippen molar-refractivity contribution in [2.45, 2.75) is 16.6 Å². The fourth-order valence-electron chi connectivity index (χ4n) is 3.30. The molecule has 2 aromatic carbocycles. The quantitative estimate of drug-likeness (QED) is 0.591. The van der Waals surface area contributed by atoms with Gasteiger partial charge in [0, 0.05) is 16.3 Å². The van der Waals surface area contributed by atoms with E-state index in [2.05, 4.69) is 5.32 Å². The fourth-order valence-corrected chi connectivity index (χ4v) is 4.71. The van der Waals surface area contributed by atoms with Crippen LogP contribution in [0.15, 0.2) is 70.2 Å². The van der Waals surface area contributed by atoms with Crippen molar-refractivity contribution in [1.82, 2.24) is 0 Å². The second-order valence-corrected chi connectivity index (χ2v) is 8.35. The highest BCUT2D eigenvalue weighted by molar-refractivity contribution is 7.99. The first-order valence-corrected chi connectivity index (χ1v) is 10.5. The third kappa shape index (κ3) is 4.32. The van der Waals surface area contributed by atoms with E-state index in [4.69, 9.17) is 20.8 Å².